The van der Waals surface area contributed by atoms with Crippen molar-refractivity contribution in [2.24, 2.45) is 0 Å². The van der Waals surface area contributed by atoms with E-state index in [0.717, 1.165) is 10.9 Å². The number of benzene rings is 1. The molecule has 0 fully saturated rings. The molecule has 0 amide bonds. The SMILES string of the molecule is N#Cc1ncn(-c2ncnc3ccccc23)c1C#N. The van der Waals surface area contributed by atoms with Crippen molar-refractivity contribution in [1.82, 2.24) is 19.5 Å². The molecule has 0 bridgehead atoms. The summed E-state index contributed by atoms with van der Waals surface area (Å²) >= 11 is 0. The number of para-hydroxylation sites is 1. The van der Waals surface area contributed by atoms with Crippen molar-refractivity contribution in [3.63, 3.8) is 0 Å². The second-order valence-corrected chi connectivity index (χ2v) is 3.75. The standard InChI is InChI=1S/C13H6N6/c14-5-11-12(6-15)19(8-18-11)13-9-3-1-2-4-10(9)16-7-17-13/h1-4,7-8H. The second-order valence-electron chi connectivity index (χ2n) is 3.75. The zero-order chi connectivity index (χ0) is 13.2. The number of hydrogen-bond donors (Lipinski definition) is 0. The van der Waals surface area contributed by atoms with Gasteiger partial charge in [-0.25, -0.2) is 15.0 Å². The van der Waals surface area contributed by atoms with Gasteiger partial charge < -0.3 is 0 Å². The summed E-state index contributed by atoms with van der Waals surface area (Å²) in [6.07, 6.45) is 2.84. The molecule has 0 unspecified atom stereocenters. The zero-order valence-electron chi connectivity index (χ0n) is 9.65. The summed E-state index contributed by atoms with van der Waals surface area (Å²) in [6, 6.07) is 11.3. The third-order valence-corrected chi connectivity index (χ3v) is 2.73. The van der Waals surface area contributed by atoms with Crippen molar-refractivity contribution in [2.45, 2.75) is 0 Å². The molecule has 0 saturated heterocycles. The number of fused-ring (bicyclic) bond motifs is 1. The van der Waals surface area contributed by atoms with Crippen molar-refractivity contribution >= 4 is 10.9 Å². The van der Waals surface area contributed by atoms with Gasteiger partial charge in [0.1, 0.15) is 30.6 Å². The molecular formula is C13H6N6. The van der Waals surface area contributed by atoms with Crippen molar-refractivity contribution in [2.75, 3.05) is 0 Å². The maximum atomic E-state index is 9.15. The molecule has 0 N–H and O–H groups in total. The molecule has 0 radical (unpaired) electrons. The van der Waals surface area contributed by atoms with Gasteiger partial charge in [0.05, 0.1) is 5.52 Å². The smallest absolute Gasteiger partial charge is 0.177 e. The van der Waals surface area contributed by atoms with Crippen LogP contribution in [-0.4, -0.2) is 19.5 Å². The van der Waals surface area contributed by atoms with Crippen molar-refractivity contribution in [3.05, 3.63) is 48.3 Å². The van der Waals surface area contributed by atoms with Crippen LogP contribution >= 0.6 is 0 Å². The Morgan fingerprint density at radius 3 is 2.63 bits per heavy atom. The molecule has 88 valence electrons. The van der Waals surface area contributed by atoms with E-state index in [-0.39, 0.29) is 11.4 Å². The van der Waals surface area contributed by atoms with Gasteiger partial charge in [-0.2, -0.15) is 10.5 Å². The Hall–Kier alpha value is -3.25. The van der Waals surface area contributed by atoms with Crippen LogP contribution < -0.4 is 0 Å². The summed E-state index contributed by atoms with van der Waals surface area (Å²) in [5.41, 5.74) is 1.03. The lowest BCUT2D eigenvalue weighted by Gasteiger charge is -2.05. The lowest BCUT2D eigenvalue weighted by molar-refractivity contribution is 0.977. The van der Waals surface area contributed by atoms with E-state index < -0.39 is 0 Å². The molecule has 2 aromatic heterocycles. The van der Waals surface area contributed by atoms with Crippen molar-refractivity contribution in [1.29, 1.82) is 10.5 Å². The molecule has 0 spiro atoms. The molecule has 3 aromatic rings. The normalized spacial score (nSPS) is 10.0. The van der Waals surface area contributed by atoms with Gasteiger partial charge in [0.15, 0.2) is 11.4 Å². The third kappa shape index (κ3) is 1.60. The summed E-state index contributed by atoms with van der Waals surface area (Å²) in [4.78, 5) is 12.2. The van der Waals surface area contributed by atoms with Gasteiger partial charge in [0.25, 0.3) is 0 Å². The number of hydrogen-bond acceptors (Lipinski definition) is 5. The van der Waals surface area contributed by atoms with Crippen LogP contribution in [-0.2, 0) is 0 Å². The first-order chi connectivity index (χ1) is 9.35. The van der Waals surface area contributed by atoms with E-state index in [9.17, 15) is 0 Å². The molecule has 1 aromatic carbocycles. The first kappa shape index (κ1) is 10.9. The lowest BCUT2D eigenvalue weighted by Crippen LogP contribution is -2.01. The topological polar surface area (TPSA) is 91.2 Å². The fraction of sp³-hybridized carbons (Fsp3) is 0. The predicted octanol–water partition coefficient (Wildman–Crippen LogP) is 1.56. The fourth-order valence-electron chi connectivity index (χ4n) is 1.88. The summed E-state index contributed by atoms with van der Waals surface area (Å²) < 4.78 is 1.50. The van der Waals surface area contributed by atoms with Gasteiger partial charge >= 0.3 is 0 Å². The molecule has 0 saturated carbocycles. The highest BCUT2D eigenvalue weighted by molar-refractivity contribution is 5.85. The minimum Gasteiger partial charge on any atom is -0.272 e. The Labute approximate surface area is 108 Å². The Balaban J connectivity index is 2.35. The number of rotatable bonds is 1. The van der Waals surface area contributed by atoms with Crippen LogP contribution in [0, 0.1) is 22.7 Å². The summed E-state index contributed by atoms with van der Waals surface area (Å²) in [7, 11) is 0. The average molecular weight is 246 g/mol. The Kier molecular flexibility index (Phi) is 2.41. The Bertz CT molecular complexity index is 844. The van der Waals surface area contributed by atoms with Crippen LogP contribution in [0.5, 0.6) is 0 Å². The van der Waals surface area contributed by atoms with Gasteiger partial charge in [-0.05, 0) is 12.1 Å². The van der Waals surface area contributed by atoms with Gasteiger partial charge in [0.2, 0.25) is 0 Å². The quantitative estimate of drug-likeness (QED) is 0.649. The highest BCUT2D eigenvalue weighted by Gasteiger charge is 2.14. The van der Waals surface area contributed by atoms with E-state index in [2.05, 4.69) is 15.0 Å². The first-order valence-electron chi connectivity index (χ1n) is 5.43. The molecule has 6 nitrogen and oxygen atoms in total. The number of nitrogens with zero attached hydrogens (tertiary/aromatic N) is 6. The van der Waals surface area contributed by atoms with Gasteiger partial charge in [-0.1, -0.05) is 12.1 Å². The van der Waals surface area contributed by atoms with E-state index >= 15 is 0 Å². The van der Waals surface area contributed by atoms with Gasteiger partial charge in [-0.15, -0.1) is 0 Å². The fourth-order valence-corrected chi connectivity index (χ4v) is 1.88. The molecule has 2 heterocycles. The lowest BCUT2D eigenvalue weighted by atomic mass is 10.2. The van der Waals surface area contributed by atoms with E-state index in [1.807, 2.05) is 36.4 Å². The van der Waals surface area contributed by atoms with Crippen LogP contribution in [0.1, 0.15) is 11.4 Å². The Morgan fingerprint density at radius 2 is 1.84 bits per heavy atom. The predicted molar refractivity (Wildman–Crippen MR) is 66.1 cm³/mol. The van der Waals surface area contributed by atoms with Crippen LogP contribution in [0.2, 0.25) is 0 Å². The molecule has 0 atom stereocenters. The highest BCUT2D eigenvalue weighted by atomic mass is 15.1. The molecule has 3 rings (SSSR count). The largest absolute Gasteiger partial charge is 0.272 e. The first-order valence-corrected chi connectivity index (χ1v) is 5.43. The molecule has 0 aliphatic heterocycles. The van der Waals surface area contributed by atoms with E-state index in [0.29, 0.717) is 5.82 Å². The summed E-state index contributed by atoms with van der Waals surface area (Å²) in [6.45, 7) is 0. The van der Waals surface area contributed by atoms with Crippen molar-refractivity contribution in [3.8, 4) is 18.0 Å². The van der Waals surface area contributed by atoms with E-state index in [1.165, 1.54) is 17.2 Å². The Morgan fingerprint density at radius 1 is 1.00 bits per heavy atom. The minimum atomic E-state index is 0.0881. The van der Waals surface area contributed by atoms with Crippen molar-refractivity contribution < 1.29 is 0 Å². The second kappa shape index (κ2) is 4.21. The number of aromatic nitrogens is 4. The molecule has 6 heteroatoms. The minimum absolute atomic E-state index is 0.0881. The monoisotopic (exact) mass is 246 g/mol. The molecule has 0 aliphatic carbocycles. The zero-order valence-corrected chi connectivity index (χ0v) is 9.65. The molecule has 0 aliphatic rings. The van der Waals surface area contributed by atoms with Gasteiger partial charge in [0, 0.05) is 5.39 Å². The maximum Gasteiger partial charge on any atom is 0.177 e. The van der Waals surface area contributed by atoms with Crippen LogP contribution in [0.4, 0.5) is 0 Å². The van der Waals surface area contributed by atoms with Crippen LogP contribution in [0.3, 0.4) is 0 Å². The number of imidazole rings is 1. The molecule has 19 heavy (non-hydrogen) atoms. The van der Waals surface area contributed by atoms with E-state index in [4.69, 9.17) is 10.5 Å². The summed E-state index contributed by atoms with van der Waals surface area (Å²) in [5.74, 6) is 0.538. The highest BCUT2D eigenvalue weighted by Crippen LogP contribution is 2.20. The average Bonchev–Trinajstić information content (AvgIpc) is 2.89. The molecular weight excluding hydrogens is 240 g/mol. The third-order valence-electron chi connectivity index (χ3n) is 2.73. The summed E-state index contributed by atoms with van der Waals surface area (Å²) in [5, 5.41) is 18.9. The van der Waals surface area contributed by atoms with Crippen LogP contribution in [0.25, 0.3) is 16.7 Å². The number of nitriles is 2. The van der Waals surface area contributed by atoms with E-state index in [1.54, 1.807) is 0 Å². The maximum absolute atomic E-state index is 9.15. The van der Waals surface area contributed by atoms with Crippen LogP contribution in [0.15, 0.2) is 36.9 Å². The van der Waals surface area contributed by atoms with Gasteiger partial charge in [-0.3, -0.25) is 4.57 Å².